The number of rotatable bonds is 1. The first-order chi connectivity index (χ1) is 13.6. The molecule has 3 aliphatic heterocycles. The third kappa shape index (κ3) is 3.67. The van der Waals surface area contributed by atoms with Crippen LogP contribution in [0.5, 0.6) is 0 Å². The minimum atomic E-state index is -4.79. The summed E-state index contributed by atoms with van der Waals surface area (Å²) in [5, 5.41) is 11.5. The number of hydrogen-bond acceptors (Lipinski definition) is 6. The van der Waals surface area contributed by atoms with Crippen LogP contribution in [0, 0.1) is 10.1 Å². The van der Waals surface area contributed by atoms with E-state index >= 15 is 0 Å². The summed E-state index contributed by atoms with van der Waals surface area (Å²) in [6, 6.07) is 1.18. The molecule has 2 fully saturated rings. The molecule has 0 bridgehead atoms. The van der Waals surface area contributed by atoms with Gasteiger partial charge in [0, 0.05) is 42.7 Å². The number of likely N-dealkylation sites (tertiary alicyclic amines) is 1. The predicted molar refractivity (Wildman–Crippen MR) is 98.1 cm³/mol. The maximum atomic E-state index is 13.1. The van der Waals surface area contributed by atoms with E-state index in [1.807, 2.05) is 11.8 Å². The van der Waals surface area contributed by atoms with Crippen molar-refractivity contribution in [2.45, 2.75) is 37.8 Å². The molecular weight excluding hydrogens is 411 g/mol. The van der Waals surface area contributed by atoms with Gasteiger partial charge in [-0.3, -0.25) is 14.9 Å². The highest BCUT2D eigenvalue weighted by Crippen LogP contribution is 2.35. The summed E-state index contributed by atoms with van der Waals surface area (Å²) in [5.41, 5.74) is -1.74. The van der Waals surface area contributed by atoms with Crippen molar-refractivity contribution in [2.24, 2.45) is 4.99 Å². The van der Waals surface area contributed by atoms with Gasteiger partial charge in [0.05, 0.1) is 28.7 Å². The molecule has 0 radical (unpaired) electrons. The Morgan fingerprint density at radius 1 is 1.34 bits per heavy atom. The van der Waals surface area contributed by atoms with Gasteiger partial charge in [0.25, 0.3) is 11.6 Å². The van der Waals surface area contributed by atoms with E-state index in [2.05, 4.69) is 4.99 Å². The molecule has 0 aromatic heterocycles. The normalized spacial score (nSPS) is 24.7. The van der Waals surface area contributed by atoms with Gasteiger partial charge in [0.15, 0.2) is 5.79 Å². The highest BCUT2D eigenvalue weighted by atomic mass is 28.2. The molecule has 1 atom stereocenters. The average molecular weight is 429 g/mol. The van der Waals surface area contributed by atoms with Crippen molar-refractivity contribution in [1.29, 1.82) is 0 Å². The van der Waals surface area contributed by atoms with Crippen LogP contribution in [0.25, 0.3) is 0 Å². The Morgan fingerprint density at radius 3 is 2.59 bits per heavy atom. The van der Waals surface area contributed by atoms with E-state index in [-0.39, 0.29) is 16.9 Å². The largest absolute Gasteiger partial charge is 0.416 e. The molecule has 4 rings (SSSR count). The SMILES string of the molecule is C[C@H]1COC2(CCN(C3=NC(=O)c4cc(C(F)(F)F)cc([N+](=O)[O-])c4[SiH2]3)CC2)O1. The minimum absolute atomic E-state index is 0.00174. The summed E-state index contributed by atoms with van der Waals surface area (Å²) in [6.45, 7) is 3.42. The van der Waals surface area contributed by atoms with Crippen molar-refractivity contribution < 1.29 is 32.4 Å². The van der Waals surface area contributed by atoms with E-state index in [0.29, 0.717) is 50.1 Å². The summed E-state index contributed by atoms with van der Waals surface area (Å²) in [4.78, 5) is 28.9. The first-order valence-electron chi connectivity index (χ1n) is 9.15. The van der Waals surface area contributed by atoms with Gasteiger partial charge in [-0.1, -0.05) is 0 Å². The molecule has 0 saturated carbocycles. The maximum absolute atomic E-state index is 13.1. The molecule has 12 heteroatoms. The van der Waals surface area contributed by atoms with Crippen molar-refractivity contribution in [2.75, 3.05) is 19.7 Å². The van der Waals surface area contributed by atoms with Gasteiger partial charge in [-0.05, 0) is 13.0 Å². The van der Waals surface area contributed by atoms with E-state index in [1.54, 1.807) is 0 Å². The van der Waals surface area contributed by atoms with Crippen LogP contribution < -0.4 is 5.19 Å². The summed E-state index contributed by atoms with van der Waals surface area (Å²) in [6.07, 6.45) is -3.67. The Bertz CT molecular complexity index is 912. The molecule has 3 heterocycles. The van der Waals surface area contributed by atoms with E-state index in [4.69, 9.17) is 9.47 Å². The fourth-order valence-corrected chi connectivity index (χ4v) is 5.92. The molecule has 0 aliphatic carbocycles. The average Bonchev–Trinajstić information content (AvgIpc) is 3.00. The number of nitro benzene ring substituents is 1. The van der Waals surface area contributed by atoms with Crippen LogP contribution in [-0.4, -0.2) is 62.3 Å². The molecule has 1 spiro atoms. The lowest BCUT2D eigenvalue weighted by molar-refractivity contribution is -0.383. The fourth-order valence-electron chi connectivity index (χ4n) is 3.99. The quantitative estimate of drug-likeness (QED) is 0.378. The van der Waals surface area contributed by atoms with Crippen LogP contribution in [0.4, 0.5) is 18.9 Å². The van der Waals surface area contributed by atoms with Gasteiger partial charge < -0.3 is 14.4 Å². The number of alkyl halides is 3. The van der Waals surface area contributed by atoms with E-state index < -0.39 is 43.6 Å². The Morgan fingerprint density at radius 2 is 2.03 bits per heavy atom. The number of ether oxygens (including phenoxy) is 2. The molecule has 8 nitrogen and oxygen atoms in total. The van der Waals surface area contributed by atoms with Crippen LogP contribution in [0.1, 0.15) is 35.7 Å². The lowest BCUT2D eigenvalue weighted by Gasteiger charge is -2.39. The number of nitro groups is 1. The molecule has 156 valence electrons. The van der Waals surface area contributed by atoms with Crippen LogP contribution in [0.15, 0.2) is 17.1 Å². The monoisotopic (exact) mass is 429 g/mol. The van der Waals surface area contributed by atoms with Crippen LogP contribution in [-0.2, 0) is 15.7 Å². The summed E-state index contributed by atoms with van der Waals surface area (Å²) >= 11 is 0. The van der Waals surface area contributed by atoms with Gasteiger partial charge in [-0.25, -0.2) is 4.99 Å². The zero-order chi connectivity index (χ0) is 21.0. The number of aliphatic imine (C=N–C) groups is 1. The zero-order valence-corrected chi connectivity index (χ0v) is 16.9. The van der Waals surface area contributed by atoms with Gasteiger partial charge in [-0.15, -0.1) is 0 Å². The van der Waals surface area contributed by atoms with Crippen molar-refractivity contribution in [3.05, 3.63) is 33.4 Å². The van der Waals surface area contributed by atoms with Gasteiger partial charge in [0.2, 0.25) is 0 Å². The van der Waals surface area contributed by atoms with Crippen molar-refractivity contribution >= 4 is 31.8 Å². The first kappa shape index (κ1) is 20.0. The number of carbonyl (C=O) groups excluding carboxylic acids is 1. The molecule has 1 aromatic carbocycles. The Kier molecular flexibility index (Phi) is 4.74. The van der Waals surface area contributed by atoms with Gasteiger partial charge in [0.1, 0.15) is 9.52 Å². The molecule has 0 unspecified atom stereocenters. The number of benzene rings is 1. The highest BCUT2D eigenvalue weighted by molar-refractivity contribution is 6.88. The molecule has 29 heavy (non-hydrogen) atoms. The standard InChI is InChI=1S/C17H18F3N3O5Si/c1-9-8-27-16(28-9)2-4-22(5-3-16)15-21-14(24)11-6-10(17(18,19)20)7-12(23(25)26)13(11)29-15/h6-7,9H,2-5,8,29H2,1H3/t9-/m0/s1. The number of halogens is 3. The second-order valence-electron chi connectivity index (χ2n) is 7.42. The molecule has 1 aromatic rings. The Hall–Kier alpha value is -2.31. The molecule has 3 aliphatic rings. The minimum Gasteiger partial charge on any atom is -0.364 e. The lowest BCUT2D eigenvalue weighted by Crippen LogP contribution is -2.52. The molecule has 2 saturated heterocycles. The third-order valence-corrected chi connectivity index (χ3v) is 7.45. The highest BCUT2D eigenvalue weighted by Gasteiger charge is 2.44. The second kappa shape index (κ2) is 6.88. The maximum Gasteiger partial charge on any atom is 0.416 e. The lowest BCUT2D eigenvalue weighted by atomic mass is 10.0. The van der Waals surface area contributed by atoms with E-state index in [9.17, 15) is 28.1 Å². The fraction of sp³-hybridized carbons (Fsp3) is 0.529. The second-order valence-corrected chi connectivity index (χ2v) is 9.12. The van der Waals surface area contributed by atoms with Crippen LogP contribution in [0.2, 0.25) is 0 Å². The van der Waals surface area contributed by atoms with E-state index in [0.717, 1.165) is 0 Å². The van der Waals surface area contributed by atoms with Crippen LogP contribution in [0.3, 0.4) is 0 Å². The molecular formula is C17H18F3N3O5Si. The number of fused-ring (bicyclic) bond motifs is 1. The number of nitrogens with zero attached hydrogens (tertiary/aromatic N) is 3. The Balaban J connectivity index is 1.60. The third-order valence-electron chi connectivity index (χ3n) is 5.43. The summed E-state index contributed by atoms with van der Waals surface area (Å²) in [5.74, 6) is -1.52. The predicted octanol–water partition coefficient (Wildman–Crippen LogP) is 1.14. The smallest absolute Gasteiger partial charge is 0.364 e. The van der Waals surface area contributed by atoms with E-state index in [1.165, 1.54) is 0 Å². The van der Waals surface area contributed by atoms with Crippen LogP contribution >= 0.6 is 0 Å². The summed E-state index contributed by atoms with van der Waals surface area (Å²) in [7, 11) is -1.62. The van der Waals surface area contributed by atoms with Crippen molar-refractivity contribution in [1.82, 2.24) is 4.90 Å². The van der Waals surface area contributed by atoms with Crippen molar-refractivity contribution in [3.63, 3.8) is 0 Å². The molecule has 0 N–H and O–H groups in total. The number of piperidine rings is 1. The number of amides is 1. The van der Waals surface area contributed by atoms with Crippen molar-refractivity contribution in [3.8, 4) is 0 Å². The number of amidine groups is 1. The number of carbonyl (C=O) groups is 1. The Labute approximate surface area is 165 Å². The number of hydrogen-bond donors (Lipinski definition) is 0. The summed E-state index contributed by atoms with van der Waals surface area (Å²) < 4.78 is 50.9. The zero-order valence-electron chi connectivity index (χ0n) is 15.5. The topological polar surface area (TPSA) is 94.3 Å². The first-order valence-corrected chi connectivity index (χ1v) is 10.6. The molecule has 1 amide bonds. The van der Waals surface area contributed by atoms with Gasteiger partial charge >= 0.3 is 6.18 Å². The van der Waals surface area contributed by atoms with Gasteiger partial charge in [-0.2, -0.15) is 13.2 Å².